The van der Waals surface area contributed by atoms with Crippen LogP contribution in [-0.2, 0) is 16.0 Å². The van der Waals surface area contributed by atoms with E-state index in [1.807, 2.05) is 6.92 Å². The molecule has 0 saturated carbocycles. The first-order valence-electron chi connectivity index (χ1n) is 8.34. The van der Waals surface area contributed by atoms with Gasteiger partial charge in [0.15, 0.2) is 0 Å². The van der Waals surface area contributed by atoms with E-state index in [0.717, 1.165) is 25.2 Å². The summed E-state index contributed by atoms with van der Waals surface area (Å²) in [6.07, 6.45) is 2.90. The molecule has 2 aliphatic heterocycles. The van der Waals surface area contributed by atoms with Crippen molar-refractivity contribution in [3.8, 4) is 0 Å². The number of nitrogens with one attached hydrogen (secondary N) is 2. The number of H-pyrrole nitrogens is 1. The summed E-state index contributed by atoms with van der Waals surface area (Å²) in [6.45, 7) is 3.72. The average Bonchev–Trinajstić information content (AvgIpc) is 3.07. The smallest absolute Gasteiger partial charge is 0.313 e. The number of aliphatic carboxylic acids is 1. The molecule has 0 spiro atoms. The number of carbonyl (C=O) groups is 2. The molecule has 0 aliphatic carbocycles. The number of likely N-dealkylation sites (tertiary alicyclic amines) is 1. The van der Waals surface area contributed by atoms with Crippen molar-refractivity contribution in [1.82, 2.24) is 25.4 Å². The summed E-state index contributed by atoms with van der Waals surface area (Å²) < 4.78 is 0. The summed E-state index contributed by atoms with van der Waals surface area (Å²) in [4.78, 5) is 30.4. The maximum Gasteiger partial charge on any atom is 0.313 e. The van der Waals surface area contributed by atoms with Crippen LogP contribution in [0.3, 0.4) is 0 Å². The highest BCUT2D eigenvalue weighted by atomic mass is 32.2. The molecule has 3 N–H and O–H groups in total. The zero-order valence-electron chi connectivity index (χ0n) is 13.7. The Labute approximate surface area is 144 Å². The lowest BCUT2D eigenvalue weighted by atomic mass is 9.70. The van der Waals surface area contributed by atoms with E-state index >= 15 is 0 Å². The van der Waals surface area contributed by atoms with Gasteiger partial charge in [-0.2, -0.15) is 0 Å². The molecule has 0 bridgehead atoms. The van der Waals surface area contributed by atoms with Gasteiger partial charge in [-0.25, -0.2) is 4.98 Å². The van der Waals surface area contributed by atoms with E-state index in [9.17, 15) is 14.7 Å². The van der Waals surface area contributed by atoms with Gasteiger partial charge in [0.1, 0.15) is 11.2 Å². The number of nitrogens with zero attached hydrogens (tertiary/aromatic N) is 3. The van der Waals surface area contributed by atoms with Crippen LogP contribution >= 0.6 is 11.8 Å². The molecule has 2 atom stereocenters. The highest BCUT2D eigenvalue weighted by Gasteiger charge is 2.51. The van der Waals surface area contributed by atoms with Gasteiger partial charge in [0.25, 0.3) is 0 Å². The van der Waals surface area contributed by atoms with E-state index in [2.05, 4.69) is 20.5 Å². The number of carboxylic acid groups (broad SMARTS) is 1. The minimum absolute atomic E-state index is 0.0411. The van der Waals surface area contributed by atoms with Crippen LogP contribution in [0.4, 0.5) is 0 Å². The molecule has 2 aliphatic rings. The van der Waals surface area contributed by atoms with Crippen LogP contribution in [0.15, 0.2) is 5.16 Å². The Balaban J connectivity index is 1.62. The second-order valence-electron chi connectivity index (χ2n) is 6.38. The van der Waals surface area contributed by atoms with E-state index in [-0.39, 0.29) is 24.2 Å². The summed E-state index contributed by atoms with van der Waals surface area (Å²) >= 11 is 1.29. The highest BCUT2D eigenvalue weighted by molar-refractivity contribution is 7.99. The molecule has 0 radical (unpaired) electrons. The molecule has 24 heavy (non-hydrogen) atoms. The molecule has 1 aromatic rings. The molecule has 2 saturated heterocycles. The van der Waals surface area contributed by atoms with Gasteiger partial charge in [-0.1, -0.05) is 18.7 Å². The fourth-order valence-electron chi connectivity index (χ4n) is 3.58. The summed E-state index contributed by atoms with van der Waals surface area (Å²) in [5.74, 6) is 0.178. The lowest BCUT2D eigenvalue weighted by Crippen LogP contribution is -2.63. The summed E-state index contributed by atoms with van der Waals surface area (Å²) in [5, 5.41) is 20.5. The number of aryl methyl sites for hydroxylation is 1. The quantitative estimate of drug-likeness (QED) is 0.662. The predicted octanol–water partition coefficient (Wildman–Crippen LogP) is 0.515. The normalized spacial score (nSPS) is 26.9. The molecule has 2 fully saturated rings. The van der Waals surface area contributed by atoms with Gasteiger partial charge in [0.05, 0.1) is 5.75 Å². The third kappa shape index (κ3) is 3.27. The first-order valence-corrected chi connectivity index (χ1v) is 9.32. The Morgan fingerprint density at radius 2 is 2.33 bits per heavy atom. The zero-order chi connectivity index (χ0) is 17.2. The van der Waals surface area contributed by atoms with Crippen molar-refractivity contribution in [2.75, 3.05) is 25.4 Å². The van der Waals surface area contributed by atoms with E-state index < -0.39 is 11.4 Å². The number of fused-ring (bicyclic) bond motifs is 1. The molecule has 8 nitrogen and oxygen atoms in total. The number of rotatable bonds is 5. The number of thioether (sulfide) groups is 1. The summed E-state index contributed by atoms with van der Waals surface area (Å²) in [6, 6.07) is -0.0411. The van der Waals surface area contributed by atoms with Crippen LogP contribution in [-0.4, -0.2) is 68.5 Å². The van der Waals surface area contributed by atoms with Crippen molar-refractivity contribution in [2.24, 2.45) is 5.41 Å². The van der Waals surface area contributed by atoms with Crippen molar-refractivity contribution >= 4 is 23.6 Å². The molecule has 3 heterocycles. The van der Waals surface area contributed by atoms with Crippen LogP contribution in [0.1, 0.15) is 32.0 Å². The number of hydrogen-bond acceptors (Lipinski definition) is 6. The van der Waals surface area contributed by atoms with Gasteiger partial charge in [-0.3, -0.25) is 14.7 Å². The van der Waals surface area contributed by atoms with E-state index in [0.29, 0.717) is 24.5 Å². The van der Waals surface area contributed by atoms with Crippen LogP contribution in [0, 0.1) is 5.41 Å². The SMILES string of the molecule is CCc1nc(SCC(=O)N2CC[C@@H]3NCCC[C@@]3(C(=O)O)C2)n[nH]1. The topological polar surface area (TPSA) is 111 Å². The molecular formula is C15H23N5O3S. The second kappa shape index (κ2) is 7.10. The van der Waals surface area contributed by atoms with Crippen molar-refractivity contribution in [2.45, 2.75) is 43.8 Å². The molecule has 132 valence electrons. The van der Waals surface area contributed by atoms with E-state index in [4.69, 9.17) is 0 Å². The molecule has 0 unspecified atom stereocenters. The number of piperidine rings is 2. The molecule has 1 amide bonds. The lowest BCUT2D eigenvalue weighted by Gasteiger charge is -2.48. The number of hydrogen-bond donors (Lipinski definition) is 3. The number of aromatic amines is 1. The third-order valence-electron chi connectivity index (χ3n) is 4.97. The van der Waals surface area contributed by atoms with Crippen LogP contribution in [0.2, 0.25) is 0 Å². The standard InChI is InChI=1S/C15H23N5O3S/c1-2-11-17-14(19-18-11)24-8-12(21)20-7-4-10-15(9-20,13(22)23)5-3-6-16-10/h10,16H,2-9H2,1H3,(H,22,23)(H,17,18,19)/t10-,15+/m0/s1. The highest BCUT2D eigenvalue weighted by Crippen LogP contribution is 2.38. The average molecular weight is 353 g/mol. The van der Waals surface area contributed by atoms with Crippen LogP contribution in [0.5, 0.6) is 0 Å². The maximum absolute atomic E-state index is 12.5. The second-order valence-corrected chi connectivity index (χ2v) is 7.32. The molecular weight excluding hydrogens is 330 g/mol. The summed E-state index contributed by atoms with van der Waals surface area (Å²) in [5.41, 5.74) is -0.850. The number of carbonyl (C=O) groups excluding carboxylic acids is 1. The Hall–Kier alpha value is -1.61. The van der Waals surface area contributed by atoms with Gasteiger partial charge in [0.2, 0.25) is 11.1 Å². The van der Waals surface area contributed by atoms with Gasteiger partial charge in [0, 0.05) is 25.6 Å². The molecule has 3 rings (SSSR count). The Morgan fingerprint density at radius 1 is 1.50 bits per heavy atom. The van der Waals surface area contributed by atoms with Gasteiger partial charge in [-0.05, 0) is 25.8 Å². The number of aromatic nitrogens is 3. The van der Waals surface area contributed by atoms with Crippen molar-refractivity contribution in [3.63, 3.8) is 0 Å². The van der Waals surface area contributed by atoms with Crippen molar-refractivity contribution in [3.05, 3.63) is 5.82 Å². The van der Waals surface area contributed by atoms with E-state index in [1.165, 1.54) is 11.8 Å². The van der Waals surface area contributed by atoms with Gasteiger partial charge >= 0.3 is 5.97 Å². The minimum Gasteiger partial charge on any atom is -0.481 e. The Bertz CT molecular complexity index is 622. The van der Waals surface area contributed by atoms with E-state index in [1.54, 1.807) is 4.90 Å². The first-order chi connectivity index (χ1) is 11.5. The third-order valence-corrected chi connectivity index (χ3v) is 5.80. The Morgan fingerprint density at radius 3 is 3.04 bits per heavy atom. The largest absolute Gasteiger partial charge is 0.481 e. The lowest BCUT2D eigenvalue weighted by molar-refractivity contribution is -0.159. The number of amides is 1. The van der Waals surface area contributed by atoms with Crippen LogP contribution in [0.25, 0.3) is 0 Å². The first kappa shape index (κ1) is 17.2. The zero-order valence-corrected chi connectivity index (χ0v) is 14.6. The monoisotopic (exact) mass is 353 g/mol. The predicted molar refractivity (Wildman–Crippen MR) is 88.8 cm³/mol. The van der Waals surface area contributed by atoms with Crippen molar-refractivity contribution < 1.29 is 14.7 Å². The summed E-state index contributed by atoms with van der Waals surface area (Å²) in [7, 11) is 0. The molecule has 9 heteroatoms. The van der Waals surface area contributed by atoms with Gasteiger partial charge in [-0.15, -0.1) is 5.10 Å². The fraction of sp³-hybridized carbons (Fsp3) is 0.733. The number of carboxylic acids is 1. The molecule has 1 aromatic heterocycles. The van der Waals surface area contributed by atoms with Crippen molar-refractivity contribution in [1.29, 1.82) is 0 Å². The van der Waals surface area contributed by atoms with Crippen LogP contribution < -0.4 is 5.32 Å². The van der Waals surface area contributed by atoms with Gasteiger partial charge < -0.3 is 15.3 Å². The Kier molecular flexibility index (Phi) is 5.09. The minimum atomic E-state index is -0.850. The fourth-order valence-corrected chi connectivity index (χ4v) is 4.30. The maximum atomic E-state index is 12.5. The molecule has 0 aromatic carbocycles.